The van der Waals surface area contributed by atoms with Gasteiger partial charge in [0, 0.05) is 16.0 Å². The number of anilines is 1. The van der Waals surface area contributed by atoms with Crippen LogP contribution in [0.5, 0.6) is 0 Å². The minimum Gasteiger partial charge on any atom is -0.332 e. The van der Waals surface area contributed by atoms with E-state index in [2.05, 4.69) is 29.2 Å². The second-order valence-corrected chi connectivity index (χ2v) is 12.1. The Kier molecular flexibility index (Phi) is 4.15. The first-order valence-corrected chi connectivity index (χ1v) is 13.1. The molecule has 1 N–H and O–H groups in total. The highest BCUT2D eigenvalue weighted by Crippen LogP contribution is 2.68. The average Bonchev–Trinajstić information content (AvgIpc) is 3.53. The first-order valence-electron chi connectivity index (χ1n) is 11.0. The number of thioether (sulfide) groups is 1. The third-order valence-electron chi connectivity index (χ3n) is 7.90. The fourth-order valence-electron chi connectivity index (χ4n) is 6.88. The number of hydrogen-bond donors (Lipinski definition) is 1. The van der Waals surface area contributed by atoms with Crippen molar-refractivity contribution in [2.45, 2.75) is 22.6 Å². The van der Waals surface area contributed by atoms with Crippen molar-refractivity contribution in [1.82, 2.24) is 4.98 Å². The van der Waals surface area contributed by atoms with Crippen molar-refractivity contribution < 1.29 is 9.59 Å². The Morgan fingerprint density at radius 2 is 1.56 bits per heavy atom. The molecule has 2 amide bonds. The first-order chi connectivity index (χ1) is 15.6. The molecule has 160 valence electrons. The maximum absolute atomic E-state index is 13.6. The summed E-state index contributed by atoms with van der Waals surface area (Å²) in [6, 6.07) is 20.1. The maximum Gasteiger partial charge on any atom is 0.238 e. The number of nitrogens with one attached hydrogen (secondary N) is 1. The number of thiazole rings is 1. The van der Waals surface area contributed by atoms with Crippen molar-refractivity contribution >= 4 is 52.8 Å². The summed E-state index contributed by atoms with van der Waals surface area (Å²) < 4.78 is 0.804. The van der Waals surface area contributed by atoms with Crippen LogP contribution in [0.15, 0.2) is 65.7 Å². The molecule has 2 aliphatic carbocycles. The van der Waals surface area contributed by atoms with Crippen LogP contribution < -0.4 is 4.90 Å². The Hall–Kier alpha value is -2.22. The number of imide groups is 1. The molecule has 2 bridgehead atoms. The van der Waals surface area contributed by atoms with Crippen molar-refractivity contribution in [3.63, 3.8) is 0 Å². The lowest BCUT2D eigenvalue weighted by atomic mass is 9.68. The summed E-state index contributed by atoms with van der Waals surface area (Å²) in [5, 5.41) is 1.49. The number of fused-ring (bicyclic) bond motifs is 9. The summed E-state index contributed by atoms with van der Waals surface area (Å²) in [4.78, 5) is 33.4. The lowest BCUT2D eigenvalue weighted by Crippen LogP contribution is -2.42. The standard InChI is InChI=1S/C25H20N2O2S3/c28-23-18-14-11-15(19(18)24(29)27(23)13-9-5-2-6-10-13)20-17(14)16(12-7-3-1-4-8-12)21-22(31-20)26-25(30)32-21/h1-10,14-20H,11H2,(H,26,30). The predicted molar refractivity (Wildman–Crippen MR) is 128 cm³/mol. The van der Waals surface area contributed by atoms with E-state index >= 15 is 0 Å². The second kappa shape index (κ2) is 6.89. The van der Waals surface area contributed by atoms with Crippen molar-refractivity contribution in [1.29, 1.82) is 0 Å². The summed E-state index contributed by atoms with van der Waals surface area (Å²) in [5.41, 5.74) is 1.99. The van der Waals surface area contributed by atoms with Crippen LogP contribution >= 0.6 is 35.3 Å². The fourth-order valence-corrected chi connectivity index (χ4v) is 10.2. The molecular weight excluding hydrogens is 456 g/mol. The number of nitrogens with zero attached hydrogens (tertiary/aromatic N) is 1. The Bertz CT molecular complexity index is 1300. The van der Waals surface area contributed by atoms with Gasteiger partial charge in [0.1, 0.15) is 0 Å². The van der Waals surface area contributed by atoms with Crippen molar-refractivity contribution in [3.8, 4) is 0 Å². The van der Waals surface area contributed by atoms with Crippen LogP contribution in [-0.4, -0.2) is 22.0 Å². The fraction of sp³-hybridized carbons (Fsp3) is 0.320. The van der Waals surface area contributed by atoms with Crippen LogP contribution in [0.25, 0.3) is 0 Å². The molecule has 4 nitrogen and oxygen atoms in total. The molecule has 7 atom stereocenters. The van der Waals surface area contributed by atoms with Gasteiger partial charge in [-0.2, -0.15) is 0 Å². The summed E-state index contributed by atoms with van der Waals surface area (Å²) in [6.45, 7) is 0. The SMILES string of the molecule is O=C1C2C3CC(C2C(=O)N1c1ccccc1)C1C(c2ccccc2)c2sc(=S)[nH]c2SC31. The molecule has 7 rings (SSSR count). The molecule has 32 heavy (non-hydrogen) atoms. The normalized spacial score (nSPS) is 34.5. The number of aromatic nitrogens is 1. The van der Waals surface area contributed by atoms with Gasteiger partial charge in [-0.3, -0.25) is 14.5 Å². The van der Waals surface area contributed by atoms with E-state index in [0.29, 0.717) is 16.9 Å². The molecule has 2 saturated carbocycles. The Balaban J connectivity index is 1.34. The van der Waals surface area contributed by atoms with Gasteiger partial charge < -0.3 is 4.98 Å². The molecule has 1 saturated heterocycles. The third kappa shape index (κ3) is 2.47. The predicted octanol–water partition coefficient (Wildman–Crippen LogP) is 5.48. The highest BCUT2D eigenvalue weighted by molar-refractivity contribution is 8.00. The molecule has 3 aromatic rings. The monoisotopic (exact) mass is 476 g/mol. The molecule has 0 spiro atoms. The smallest absolute Gasteiger partial charge is 0.238 e. The van der Waals surface area contributed by atoms with E-state index in [1.165, 1.54) is 15.3 Å². The molecule has 2 aliphatic heterocycles. The number of para-hydroxylation sites is 1. The van der Waals surface area contributed by atoms with Crippen molar-refractivity contribution in [2.24, 2.45) is 29.6 Å². The number of rotatable bonds is 2. The maximum atomic E-state index is 13.6. The number of H-pyrrole nitrogens is 1. The summed E-state index contributed by atoms with van der Waals surface area (Å²) in [7, 11) is 0. The van der Waals surface area contributed by atoms with Crippen LogP contribution in [-0.2, 0) is 9.59 Å². The number of carbonyl (C=O) groups excluding carboxylic acids is 2. The molecular formula is C25H20N2O2S3. The van der Waals surface area contributed by atoms with Crippen molar-refractivity contribution in [2.75, 3.05) is 4.90 Å². The van der Waals surface area contributed by atoms with Gasteiger partial charge in [-0.05, 0) is 54.1 Å². The summed E-state index contributed by atoms with van der Waals surface area (Å²) in [5.74, 6) is 0.623. The van der Waals surface area contributed by atoms with Gasteiger partial charge in [-0.15, -0.1) is 23.1 Å². The van der Waals surface area contributed by atoms with E-state index in [1.54, 1.807) is 11.3 Å². The molecule has 3 fully saturated rings. The molecule has 1 aromatic heterocycles. The van der Waals surface area contributed by atoms with E-state index in [4.69, 9.17) is 12.2 Å². The summed E-state index contributed by atoms with van der Waals surface area (Å²) in [6.07, 6.45) is 0.969. The van der Waals surface area contributed by atoms with E-state index in [1.807, 2.05) is 48.2 Å². The number of amides is 2. The molecule has 2 aromatic carbocycles. The van der Waals surface area contributed by atoms with Gasteiger partial charge >= 0.3 is 0 Å². The van der Waals surface area contributed by atoms with Gasteiger partial charge in [-0.25, -0.2) is 0 Å². The van der Waals surface area contributed by atoms with Crippen molar-refractivity contribution in [3.05, 3.63) is 75.1 Å². The number of hydrogen-bond acceptors (Lipinski definition) is 5. The van der Waals surface area contributed by atoms with Crippen LogP contribution in [0.1, 0.15) is 22.8 Å². The topological polar surface area (TPSA) is 53.2 Å². The van der Waals surface area contributed by atoms with E-state index in [-0.39, 0.29) is 41.4 Å². The number of benzene rings is 2. The van der Waals surface area contributed by atoms with Crippen LogP contribution in [0.4, 0.5) is 5.69 Å². The van der Waals surface area contributed by atoms with Gasteiger partial charge in [0.05, 0.1) is 22.5 Å². The highest BCUT2D eigenvalue weighted by Gasteiger charge is 2.69. The number of carbonyl (C=O) groups is 2. The van der Waals surface area contributed by atoms with E-state index < -0.39 is 0 Å². The third-order valence-corrected chi connectivity index (χ3v) is 10.8. The molecule has 4 aliphatic rings. The van der Waals surface area contributed by atoms with Gasteiger partial charge in [0.25, 0.3) is 0 Å². The highest BCUT2D eigenvalue weighted by atomic mass is 32.2. The van der Waals surface area contributed by atoms with Gasteiger partial charge in [-0.1, -0.05) is 48.5 Å². The molecule has 3 heterocycles. The Labute approximate surface area is 199 Å². The van der Waals surface area contributed by atoms with E-state index in [0.717, 1.165) is 15.4 Å². The van der Waals surface area contributed by atoms with Gasteiger partial charge in [0.2, 0.25) is 11.8 Å². The van der Waals surface area contributed by atoms with E-state index in [9.17, 15) is 9.59 Å². The zero-order valence-corrected chi connectivity index (χ0v) is 19.5. The zero-order valence-electron chi connectivity index (χ0n) is 17.0. The second-order valence-electron chi connectivity index (χ2n) is 9.22. The lowest BCUT2D eigenvalue weighted by molar-refractivity contribution is -0.123. The Morgan fingerprint density at radius 1 is 0.906 bits per heavy atom. The minimum absolute atomic E-state index is 0.00135. The average molecular weight is 477 g/mol. The molecule has 7 heteroatoms. The first kappa shape index (κ1) is 19.3. The molecule has 7 unspecified atom stereocenters. The van der Waals surface area contributed by atoms with Gasteiger partial charge in [0.15, 0.2) is 3.95 Å². The van der Waals surface area contributed by atoms with Crippen LogP contribution in [0.2, 0.25) is 0 Å². The quantitative estimate of drug-likeness (QED) is 0.393. The zero-order chi connectivity index (χ0) is 21.6. The summed E-state index contributed by atoms with van der Waals surface area (Å²) >= 11 is 9.05. The largest absolute Gasteiger partial charge is 0.332 e. The Morgan fingerprint density at radius 3 is 2.28 bits per heavy atom. The number of aromatic amines is 1. The minimum atomic E-state index is -0.200. The molecule has 0 radical (unpaired) electrons. The van der Waals surface area contributed by atoms with Crippen LogP contribution in [0, 0.1) is 33.5 Å². The van der Waals surface area contributed by atoms with Crippen LogP contribution in [0.3, 0.4) is 0 Å². The lowest BCUT2D eigenvalue weighted by Gasteiger charge is -2.43.